The molecular weight excluding hydrogens is 202 g/mol. The molecule has 0 aliphatic rings. The van der Waals surface area contributed by atoms with Crippen LogP contribution in [0.15, 0.2) is 0 Å². The fourth-order valence-corrected chi connectivity index (χ4v) is 2.02. The van der Waals surface area contributed by atoms with Crippen LogP contribution in [0, 0.1) is 5.92 Å². The van der Waals surface area contributed by atoms with Crippen LogP contribution >= 0.6 is 0 Å². The summed E-state index contributed by atoms with van der Waals surface area (Å²) in [6.45, 7) is 9.94. The van der Waals surface area contributed by atoms with E-state index < -0.39 is 0 Å². The fraction of sp³-hybridized carbons (Fsp3) is 1.00. The Hall–Kier alpha value is -0.120. The first-order chi connectivity index (χ1) is 7.69. The number of rotatable bonds is 10. The van der Waals surface area contributed by atoms with Gasteiger partial charge in [-0.25, -0.2) is 0 Å². The Morgan fingerprint density at radius 1 is 1.06 bits per heavy atom. The molecule has 3 nitrogen and oxygen atoms in total. The van der Waals surface area contributed by atoms with E-state index in [-0.39, 0.29) is 6.29 Å². The van der Waals surface area contributed by atoms with Crippen LogP contribution in [0.3, 0.4) is 0 Å². The molecule has 98 valence electrons. The van der Waals surface area contributed by atoms with Gasteiger partial charge in [-0.15, -0.1) is 0 Å². The second-order valence-corrected chi connectivity index (χ2v) is 4.30. The van der Waals surface area contributed by atoms with Gasteiger partial charge < -0.3 is 14.8 Å². The van der Waals surface area contributed by atoms with Gasteiger partial charge in [-0.3, -0.25) is 0 Å². The predicted octanol–water partition coefficient (Wildman–Crippen LogP) is 2.80. The monoisotopic (exact) mass is 231 g/mol. The molecule has 0 aromatic heterocycles. The van der Waals surface area contributed by atoms with Crippen molar-refractivity contribution in [2.45, 2.75) is 59.3 Å². The van der Waals surface area contributed by atoms with Gasteiger partial charge in [0, 0.05) is 13.2 Å². The Bertz CT molecular complexity index is 147. The third kappa shape index (κ3) is 6.46. The number of likely N-dealkylation sites (N-methyl/N-ethyl adjacent to an activating group) is 1. The maximum atomic E-state index is 5.63. The van der Waals surface area contributed by atoms with Crippen molar-refractivity contribution in [3.63, 3.8) is 0 Å². The Labute approximate surface area is 101 Å². The van der Waals surface area contributed by atoms with Crippen LogP contribution in [0.2, 0.25) is 0 Å². The molecular formula is C13H29NO2. The van der Waals surface area contributed by atoms with E-state index in [4.69, 9.17) is 9.47 Å². The van der Waals surface area contributed by atoms with Crippen LogP contribution in [0.1, 0.15) is 47.0 Å². The highest BCUT2D eigenvalue weighted by atomic mass is 16.7. The van der Waals surface area contributed by atoms with Crippen molar-refractivity contribution in [3.8, 4) is 0 Å². The molecule has 0 aliphatic carbocycles. The molecule has 2 atom stereocenters. The average molecular weight is 231 g/mol. The third-order valence-electron chi connectivity index (χ3n) is 2.80. The lowest BCUT2D eigenvalue weighted by atomic mass is 9.97. The SMILES string of the molecule is CCCC(C)CC(NC)C(OCC)OCC. The zero-order valence-corrected chi connectivity index (χ0v) is 11.6. The molecule has 0 aromatic rings. The van der Waals surface area contributed by atoms with E-state index >= 15 is 0 Å². The molecule has 0 saturated carbocycles. The molecule has 0 amide bonds. The first kappa shape index (κ1) is 15.9. The minimum absolute atomic E-state index is 0.112. The minimum atomic E-state index is -0.112. The van der Waals surface area contributed by atoms with Crippen molar-refractivity contribution >= 4 is 0 Å². The maximum Gasteiger partial charge on any atom is 0.172 e. The summed E-state index contributed by atoms with van der Waals surface area (Å²) >= 11 is 0. The highest BCUT2D eigenvalue weighted by Crippen LogP contribution is 2.16. The molecule has 0 spiro atoms. The van der Waals surface area contributed by atoms with E-state index in [9.17, 15) is 0 Å². The van der Waals surface area contributed by atoms with Crippen molar-refractivity contribution in [2.24, 2.45) is 5.92 Å². The van der Waals surface area contributed by atoms with Gasteiger partial charge in [-0.05, 0) is 33.2 Å². The van der Waals surface area contributed by atoms with Crippen LogP contribution in [-0.2, 0) is 9.47 Å². The van der Waals surface area contributed by atoms with Crippen molar-refractivity contribution in [3.05, 3.63) is 0 Å². The number of hydrogen-bond acceptors (Lipinski definition) is 3. The highest BCUT2D eigenvalue weighted by Gasteiger charge is 2.22. The number of hydrogen-bond donors (Lipinski definition) is 1. The summed E-state index contributed by atoms with van der Waals surface area (Å²) in [5, 5.41) is 3.31. The molecule has 1 N–H and O–H groups in total. The number of nitrogens with one attached hydrogen (secondary N) is 1. The van der Waals surface area contributed by atoms with Crippen molar-refractivity contribution in [2.75, 3.05) is 20.3 Å². The number of ether oxygens (including phenoxy) is 2. The Morgan fingerprint density at radius 2 is 1.62 bits per heavy atom. The molecule has 0 rings (SSSR count). The van der Waals surface area contributed by atoms with Crippen LogP contribution in [-0.4, -0.2) is 32.6 Å². The minimum Gasteiger partial charge on any atom is -0.351 e. The standard InChI is InChI=1S/C13H29NO2/c1-6-9-11(4)10-12(14-5)13(15-7-2)16-8-3/h11-14H,6-10H2,1-5H3. The molecule has 0 fully saturated rings. The first-order valence-electron chi connectivity index (χ1n) is 6.59. The molecule has 0 aromatic carbocycles. The Balaban J connectivity index is 4.17. The van der Waals surface area contributed by atoms with Crippen molar-refractivity contribution in [1.82, 2.24) is 5.32 Å². The normalized spacial score (nSPS) is 15.4. The van der Waals surface area contributed by atoms with E-state index in [1.54, 1.807) is 0 Å². The molecule has 0 saturated heterocycles. The van der Waals surface area contributed by atoms with Gasteiger partial charge in [-0.2, -0.15) is 0 Å². The largest absolute Gasteiger partial charge is 0.351 e. The molecule has 0 heterocycles. The Morgan fingerprint density at radius 3 is 2.00 bits per heavy atom. The molecule has 3 heteroatoms. The van der Waals surface area contributed by atoms with Gasteiger partial charge in [0.05, 0.1) is 6.04 Å². The fourth-order valence-electron chi connectivity index (χ4n) is 2.02. The van der Waals surface area contributed by atoms with E-state index in [1.807, 2.05) is 20.9 Å². The summed E-state index contributed by atoms with van der Waals surface area (Å²) in [7, 11) is 1.98. The zero-order chi connectivity index (χ0) is 12.4. The lowest BCUT2D eigenvalue weighted by Gasteiger charge is -2.28. The van der Waals surface area contributed by atoms with E-state index in [2.05, 4.69) is 19.2 Å². The predicted molar refractivity (Wildman–Crippen MR) is 68.6 cm³/mol. The van der Waals surface area contributed by atoms with Crippen LogP contribution in [0.25, 0.3) is 0 Å². The Kier molecular flexibility index (Phi) is 9.99. The molecule has 16 heavy (non-hydrogen) atoms. The highest BCUT2D eigenvalue weighted by molar-refractivity contribution is 4.72. The average Bonchev–Trinajstić information content (AvgIpc) is 2.26. The van der Waals surface area contributed by atoms with Crippen molar-refractivity contribution < 1.29 is 9.47 Å². The zero-order valence-electron chi connectivity index (χ0n) is 11.6. The van der Waals surface area contributed by atoms with E-state index in [1.165, 1.54) is 12.8 Å². The van der Waals surface area contributed by atoms with Gasteiger partial charge in [0.2, 0.25) is 0 Å². The van der Waals surface area contributed by atoms with E-state index in [0.717, 1.165) is 6.42 Å². The third-order valence-corrected chi connectivity index (χ3v) is 2.80. The lowest BCUT2D eigenvalue weighted by molar-refractivity contribution is -0.155. The van der Waals surface area contributed by atoms with Gasteiger partial charge in [0.25, 0.3) is 0 Å². The summed E-state index contributed by atoms with van der Waals surface area (Å²) < 4.78 is 11.3. The summed E-state index contributed by atoms with van der Waals surface area (Å²) in [6, 6.07) is 0.293. The second kappa shape index (κ2) is 10.1. The molecule has 0 bridgehead atoms. The lowest BCUT2D eigenvalue weighted by Crippen LogP contribution is -2.42. The molecule has 0 radical (unpaired) electrons. The maximum absolute atomic E-state index is 5.63. The van der Waals surface area contributed by atoms with Crippen LogP contribution < -0.4 is 5.32 Å². The van der Waals surface area contributed by atoms with Crippen LogP contribution in [0.5, 0.6) is 0 Å². The second-order valence-electron chi connectivity index (χ2n) is 4.30. The summed E-state index contributed by atoms with van der Waals surface area (Å²) in [5.74, 6) is 0.714. The summed E-state index contributed by atoms with van der Waals surface area (Å²) in [5.41, 5.74) is 0. The summed E-state index contributed by atoms with van der Waals surface area (Å²) in [6.07, 6.45) is 3.50. The molecule has 2 unspecified atom stereocenters. The summed E-state index contributed by atoms with van der Waals surface area (Å²) in [4.78, 5) is 0. The first-order valence-corrected chi connectivity index (χ1v) is 6.59. The van der Waals surface area contributed by atoms with Crippen molar-refractivity contribution in [1.29, 1.82) is 0 Å². The van der Waals surface area contributed by atoms with Gasteiger partial charge >= 0.3 is 0 Å². The smallest absolute Gasteiger partial charge is 0.172 e. The quantitative estimate of drug-likeness (QED) is 0.586. The van der Waals surface area contributed by atoms with E-state index in [0.29, 0.717) is 25.2 Å². The van der Waals surface area contributed by atoms with Gasteiger partial charge in [0.15, 0.2) is 6.29 Å². The van der Waals surface area contributed by atoms with Gasteiger partial charge in [0.1, 0.15) is 0 Å². The van der Waals surface area contributed by atoms with Gasteiger partial charge in [-0.1, -0.05) is 26.7 Å². The molecule has 0 aliphatic heterocycles. The van der Waals surface area contributed by atoms with Crippen LogP contribution in [0.4, 0.5) is 0 Å². The topological polar surface area (TPSA) is 30.5 Å².